The molecule has 0 aliphatic carbocycles. The van der Waals surface area contributed by atoms with Gasteiger partial charge in [0.1, 0.15) is 8.42 Å². The molecule has 0 unspecified atom stereocenters. The molecule has 0 fully saturated rings. The molecule has 22 heavy (non-hydrogen) atoms. The molecule has 1 aromatic rings. The van der Waals surface area contributed by atoms with E-state index in [4.69, 9.17) is 5.14 Å². The van der Waals surface area contributed by atoms with Crippen molar-refractivity contribution in [2.75, 3.05) is 12.3 Å². The second-order valence-electron chi connectivity index (χ2n) is 5.32. The Morgan fingerprint density at radius 1 is 1.45 bits per heavy atom. The molecule has 2 heterocycles. The van der Waals surface area contributed by atoms with Gasteiger partial charge in [-0.1, -0.05) is 13.8 Å². The maximum absolute atomic E-state index is 12.0. The molecule has 0 saturated heterocycles. The van der Waals surface area contributed by atoms with Gasteiger partial charge in [-0.3, -0.25) is 0 Å². The van der Waals surface area contributed by atoms with E-state index in [9.17, 15) is 16.8 Å². The molecule has 130 valence electrons. The van der Waals surface area contributed by atoms with Crippen molar-refractivity contribution in [3.8, 4) is 0 Å². The Labute approximate surface area is 141 Å². The Morgan fingerprint density at radius 3 is 2.55 bits per heavy atom. The second kappa shape index (κ2) is 7.56. The van der Waals surface area contributed by atoms with E-state index in [1.807, 2.05) is 0 Å². The van der Waals surface area contributed by atoms with Gasteiger partial charge in [0.15, 0.2) is 9.84 Å². The molecule has 0 radical (unpaired) electrons. The van der Waals surface area contributed by atoms with E-state index in [1.54, 1.807) is 0 Å². The first-order chi connectivity index (χ1) is 9.11. The van der Waals surface area contributed by atoms with Crippen LogP contribution >= 0.6 is 23.7 Å². The van der Waals surface area contributed by atoms with Crippen LogP contribution in [0.2, 0.25) is 0 Å². The first-order valence-corrected chi connectivity index (χ1v) is 10.3. The fraction of sp³-hybridized carbons (Fsp3) is 0.636. The highest BCUT2D eigenvalue weighted by molar-refractivity contribution is 7.95. The molecule has 1 aliphatic heterocycles. The van der Waals surface area contributed by atoms with Crippen molar-refractivity contribution in [3.05, 3.63) is 11.6 Å². The summed E-state index contributed by atoms with van der Waals surface area (Å²) in [5, 5.41) is 8.38. The van der Waals surface area contributed by atoms with Crippen molar-refractivity contribution in [1.29, 1.82) is 0 Å². The average Bonchev–Trinajstić information content (AvgIpc) is 2.73. The van der Waals surface area contributed by atoms with Crippen LogP contribution in [-0.4, -0.2) is 34.6 Å². The lowest BCUT2D eigenvalue weighted by atomic mass is 10.1. The maximum atomic E-state index is 12.0. The number of thiophene rings is 1. The Balaban J connectivity index is 0.00000220. The van der Waals surface area contributed by atoms with E-state index in [-0.39, 0.29) is 38.1 Å². The van der Waals surface area contributed by atoms with E-state index in [0.717, 1.165) is 17.9 Å². The zero-order valence-electron chi connectivity index (χ0n) is 12.2. The number of sulfone groups is 1. The topological polar surface area (TPSA) is 138 Å². The van der Waals surface area contributed by atoms with Crippen molar-refractivity contribution in [2.24, 2.45) is 11.1 Å². The molecule has 0 bridgehead atoms. The monoisotopic (exact) mass is 392 g/mol. The van der Waals surface area contributed by atoms with Crippen molar-refractivity contribution in [1.82, 2.24) is 5.32 Å². The molecular weight excluding hydrogens is 372 g/mol. The first kappa shape index (κ1) is 21.8. The van der Waals surface area contributed by atoms with E-state index in [2.05, 4.69) is 19.2 Å². The van der Waals surface area contributed by atoms with E-state index < -0.39 is 19.9 Å². The quantitative estimate of drug-likeness (QED) is 0.766. The minimum absolute atomic E-state index is 0. The molecule has 7 nitrogen and oxygen atoms in total. The molecule has 0 amide bonds. The van der Waals surface area contributed by atoms with Crippen LogP contribution in [0, 0.1) is 5.92 Å². The number of nitrogens with one attached hydrogen (secondary N) is 1. The third-order valence-electron chi connectivity index (χ3n) is 3.09. The molecule has 1 atom stereocenters. The molecule has 2 rings (SSSR count). The molecule has 11 heteroatoms. The molecule has 0 spiro atoms. The maximum Gasteiger partial charge on any atom is 0.247 e. The van der Waals surface area contributed by atoms with Crippen molar-refractivity contribution >= 4 is 43.6 Å². The lowest BCUT2D eigenvalue weighted by Crippen LogP contribution is -2.30. The minimum Gasteiger partial charge on any atom is -0.412 e. The van der Waals surface area contributed by atoms with Crippen molar-refractivity contribution in [2.45, 2.75) is 34.7 Å². The van der Waals surface area contributed by atoms with Crippen LogP contribution < -0.4 is 10.5 Å². The molecule has 1 aromatic heterocycles. The number of rotatable bonds is 4. The predicted molar refractivity (Wildman–Crippen MR) is 88.8 cm³/mol. The zero-order valence-corrected chi connectivity index (χ0v) is 15.5. The highest BCUT2D eigenvalue weighted by Gasteiger charge is 2.34. The summed E-state index contributed by atoms with van der Waals surface area (Å²) in [5.41, 5.74) is 0.533. The van der Waals surface area contributed by atoms with Gasteiger partial charge in [-0.15, -0.1) is 23.7 Å². The second-order valence-corrected chi connectivity index (χ2v) is 10.5. The fourth-order valence-electron chi connectivity index (χ4n) is 2.10. The number of fused-ring (bicyclic) bond motifs is 1. The molecule has 0 saturated carbocycles. The lowest BCUT2D eigenvalue weighted by molar-refractivity contribution is 0.453. The number of hydrogen-bond donors (Lipinski definition) is 2. The highest BCUT2D eigenvalue weighted by Crippen LogP contribution is 2.39. The molecule has 0 aromatic carbocycles. The van der Waals surface area contributed by atoms with Gasteiger partial charge < -0.3 is 10.8 Å². The molecule has 5 N–H and O–H groups in total. The third-order valence-corrected chi connectivity index (χ3v) is 8.04. The van der Waals surface area contributed by atoms with Crippen LogP contribution in [-0.2, 0) is 19.9 Å². The van der Waals surface area contributed by atoms with Crippen LogP contribution in [0.25, 0.3) is 0 Å². The Morgan fingerprint density at radius 2 is 2.05 bits per heavy atom. The molecular formula is C11H21ClN2O5S3. The minimum atomic E-state index is -3.88. The van der Waals surface area contributed by atoms with Gasteiger partial charge in [0.05, 0.1) is 5.75 Å². The van der Waals surface area contributed by atoms with Gasteiger partial charge in [-0.05, 0) is 24.9 Å². The Kier molecular flexibility index (Phi) is 7.48. The number of halogens is 1. The van der Waals surface area contributed by atoms with Crippen molar-refractivity contribution in [3.63, 3.8) is 0 Å². The first-order valence-electron chi connectivity index (χ1n) is 6.24. The summed E-state index contributed by atoms with van der Waals surface area (Å²) in [4.78, 5) is 0. The van der Waals surface area contributed by atoms with Gasteiger partial charge in [0.2, 0.25) is 10.0 Å². The summed E-state index contributed by atoms with van der Waals surface area (Å²) in [6, 6.07) is 1.26. The molecule has 1 aliphatic rings. The zero-order chi connectivity index (χ0) is 15.1. The largest absolute Gasteiger partial charge is 0.412 e. The fourth-order valence-corrected chi connectivity index (χ4v) is 6.27. The summed E-state index contributed by atoms with van der Waals surface area (Å²) < 4.78 is 46.9. The number of sulfonamides is 1. The van der Waals surface area contributed by atoms with Crippen molar-refractivity contribution < 1.29 is 22.3 Å². The van der Waals surface area contributed by atoms with Gasteiger partial charge in [-0.25, -0.2) is 22.0 Å². The smallest absolute Gasteiger partial charge is 0.247 e. The Bertz CT molecular complexity index is 712. The van der Waals surface area contributed by atoms with Gasteiger partial charge in [-0.2, -0.15) is 0 Å². The standard InChI is InChI=1S/C11H18N2O4S3.ClH.H2O/c1-7(2)6-13-9-3-4-19(14,15)11-8(9)5-10(18-11)20(12,16)17;;/h5,7,9,13H,3-4,6H2,1-2H3,(H2,12,16,17);1H;1H2/t9-;;/m0../s1. The van der Waals surface area contributed by atoms with Crippen LogP contribution in [0.15, 0.2) is 14.5 Å². The van der Waals surface area contributed by atoms with Crippen LogP contribution in [0.3, 0.4) is 0 Å². The van der Waals surface area contributed by atoms with Gasteiger partial charge in [0.25, 0.3) is 0 Å². The van der Waals surface area contributed by atoms with E-state index in [1.165, 1.54) is 6.07 Å². The summed E-state index contributed by atoms with van der Waals surface area (Å²) in [5.74, 6) is 0.452. The number of hydrogen-bond acceptors (Lipinski definition) is 6. The summed E-state index contributed by atoms with van der Waals surface area (Å²) in [6.45, 7) is 4.85. The summed E-state index contributed by atoms with van der Waals surface area (Å²) >= 11 is 0.746. The van der Waals surface area contributed by atoms with Crippen LogP contribution in [0.1, 0.15) is 31.9 Å². The van der Waals surface area contributed by atoms with E-state index in [0.29, 0.717) is 17.9 Å². The summed E-state index contributed by atoms with van der Waals surface area (Å²) in [6.07, 6.45) is 0.447. The summed E-state index contributed by atoms with van der Waals surface area (Å²) in [7, 11) is -7.27. The highest BCUT2D eigenvalue weighted by atomic mass is 35.5. The number of nitrogens with two attached hydrogens (primary N) is 1. The van der Waals surface area contributed by atoms with Gasteiger partial charge in [0, 0.05) is 11.6 Å². The third kappa shape index (κ3) is 4.63. The average molecular weight is 393 g/mol. The Hall–Kier alpha value is -0.230. The van der Waals surface area contributed by atoms with Gasteiger partial charge >= 0.3 is 0 Å². The SMILES string of the molecule is CC(C)CN[C@H]1CCS(=O)(=O)c2sc(S(N)(=O)=O)cc21.Cl.O. The van der Waals surface area contributed by atoms with Crippen LogP contribution in [0.4, 0.5) is 0 Å². The van der Waals surface area contributed by atoms with Crippen LogP contribution in [0.5, 0.6) is 0 Å². The van der Waals surface area contributed by atoms with E-state index >= 15 is 0 Å². The normalized spacial score (nSPS) is 19.9. The number of primary sulfonamides is 1. The predicted octanol–water partition coefficient (Wildman–Crippen LogP) is 0.457. The lowest BCUT2D eigenvalue weighted by Gasteiger charge is -2.24.